The summed E-state index contributed by atoms with van der Waals surface area (Å²) in [6.07, 6.45) is 1.29. The van der Waals surface area contributed by atoms with E-state index in [0.717, 1.165) is 10.6 Å². The number of amides is 1. The topological polar surface area (TPSA) is 104 Å². The predicted molar refractivity (Wildman–Crippen MR) is 116 cm³/mol. The van der Waals surface area contributed by atoms with Gasteiger partial charge in [0.05, 0.1) is 35.9 Å². The number of nitrogens with zero attached hydrogens (tertiary/aromatic N) is 2. The Bertz CT molecular complexity index is 1140. The SMILES string of the molecule is O=C(NC1COC2C(Nc3nccc(-c4cccs4)n3)COC12)c1ccc2c(c1)OCO2. The molecule has 3 aliphatic heterocycles. The summed E-state index contributed by atoms with van der Waals surface area (Å²) in [4.78, 5) is 22.8. The highest BCUT2D eigenvalue weighted by Gasteiger charge is 2.48. The number of anilines is 1. The van der Waals surface area contributed by atoms with Crippen molar-refractivity contribution in [1.29, 1.82) is 0 Å². The summed E-state index contributed by atoms with van der Waals surface area (Å²) in [5, 5.41) is 8.38. The first kappa shape index (κ1) is 19.5. The molecule has 1 amide bonds. The van der Waals surface area contributed by atoms with Crippen molar-refractivity contribution in [3.05, 3.63) is 53.5 Å². The number of aromatic nitrogens is 2. The number of hydrogen-bond acceptors (Lipinski definition) is 9. The maximum Gasteiger partial charge on any atom is 0.251 e. The van der Waals surface area contributed by atoms with E-state index in [4.69, 9.17) is 18.9 Å². The Morgan fingerprint density at radius 1 is 1.03 bits per heavy atom. The van der Waals surface area contributed by atoms with Crippen molar-refractivity contribution in [2.24, 2.45) is 0 Å². The third kappa shape index (κ3) is 3.56. The van der Waals surface area contributed by atoms with E-state index in [1.165, 1.54) is 0 Å². The second kappa shape index (κ2) is 8.05. The zero-order valence-corrected chi connectivity index (χ0v) is 17.7. The minimum Gasteiger partial charge on any atom is -0.454 e. The van der Waals surface area contributed by atoms with Crippen LogP contribution in [0.2, 0.25) is 0 Å². The van der Waals surface area contributed by atoms with Gasteiger partial charge in [-0.2, -0.15) is 0 Å². The van der Waals surface area contributed by atoms with Gasteiger partial charge < -0.3 is 29.6 Å². The Hall–Kier alpha value is -3.21. The van der Waals surface area contributed by atoms with Crippen LogP contribution in [0.15, 0.2) is 48.0 Å². The van der Waals surface area contributed by atoms with E-state index in [0.29, 0.717) is 36.2 Å². The van der Waals surface area contributed by atoms with Crippen molar-refractivity contribution in [3.63, 3.8) is 0 Å². The van der Waals surface area contributed by atoms with Crippen molar-refractivity contribution >= 4 is 23.2 Å². The summed E-state index contributed by atoms with van der Waals surface area (Å²) in [6.45, 7) is 0.987. The van der Waals surface area contributed by atoms with Crippen LogP contribution in [0.1, 0.15) is 10.4 Å². The number of benzene rings is 1. The monoisotopic (exact) mass is 452 g/mol. The molecule has 2 N–H and O–H groups in total. The third-order valence-electron chi connectivity index (χ3n) is 5.75. The summed E-state index contributed by atoms with van der Waals surface area (Å²) in [5.74, 6) is 1.54. The highest BCUT2D eigenvalue weighted by atomic mass is 32.1. The molecule has 2 aromatic heterocycles. The Kier molecular flexibility index (Phi) is 4.90. The van der Waals surface area contributed by atoms with Gasteiger partial charge in [-0.1, -0.05) is 6.07 Å². The third-order valence-corrected chi connectivity index (χ3v) is 6.64. The predicted octanol–water partition coefficient (Wildman–Crippen LogP) is 2.31. The summed E-state index contributed by atoms with van der Waals surface area (Å²) in [5.41, 5.74) is 1.37. The molecule has 3 aliphatic rings. The molecule has 0 bridgehead atoms. The number of thiophene rings is 1. The number of carbonyl (C=O) groups excluding carboxylic acids is 1. The normalized spacial score (nSPS) is 25.5. The maximum absolute atomic E-state index is 12.8. The quantitative estimate of drug-likeness (QED) is 0.608. The Labute approximate surface area is 187 Å². The van der Waals surface area contributed by atoms with Crippen molar-refractivity contribution in [2.75, 3.05) is 25.3 Å². The van der Waals surface area contributed by atoms with Crippen LogP contribution in [0.25, 0.3) is 10.6 Å². The molecule has 5 heterocycles. The molecule has 0 spiro atoms. The Morgan fingerprint density at radius 3 is 2.75 bits per heavy atom. The van der Waals surface area contributed by atoms with Crippen molar-refractivity contribution in [2.45, 2.75) is 24.3 Å². The van der Waals surface area contributed by atoms with Crippen LogP contribution in [0.5, 0.6) is 11.5 Å². The first-order valence-electron chi connectivity index (χ1n) is 10.3. The minimum atomic E-state index is -0.247. The molecular formula is C22H20N4O5S. The Balaban J connectivity index is 1.11. The first-order valence-corrected chi connectivity index (χ1v) is 11.2. The molecule has 3 aromatic rings. The molecule has 32 heavy (non-hydrogen) atoms. The molecule has 2 saturated heterocycles. The summed E-state index contributed by atoms with van der Waals surface area (Å²) in [6, 6.07) is 10.7. The number of nitrogens with one attached hydrogen (secondary N) is 2. The van der Waals surface area contributed by atoms with Crippen LogP contribution in [-0.2, 0) is 9.47 Å². The van der Waals surface area contributed by atoms with Crippen LogP contribution in [0.4, 0.5) is 5.95 Å². The molecular weight excluding hydrogens is 432 g/mol. The van der Waals surface area contributed by atoms with Crippen molar-refractivity contribution < 1.29 is 23.7 Å². The summed E-state index contributed by atoms with van der Waals surface area (Å²) in [7, 11) is 0. The summed E-state index contributed by atoms with van der Waals surface area (Å²) < 4.78 is 22.6. The lowest BCUT2D eigenvalue weighted by atomic mass is 10.1. The fourth-order valence-electron chi connectivity index (χ4n) is 4.19. The largest absolute Gasteiger partial charge is 0.454 e. The summed E-state index contributed by atoms with van der Waals surface area (Å²) >= 11 is 1.63. The number of ether oxygens (including phenoxy) is 4. The first-order chi connectivity index (χ1) is 15.7. The maximum atomic E-state index is 12.8. The van der Waals surface area contributed by atoms with E-state index in [9.17, 15) is 4.79 Å². The van der Waals surface area contributed by atoms with E-state index in [2.05, 4.69) is 20.6 Å². The highest BCUT2D eigenvalue weighted by molar-refractivity contribution is 7.13. The van der Waals surface area contributed by atoms with Gasteiger partial charge in [-0.25, -0.2) is 9.97 Å². The van der Waals surface area contributed by atoms with Crippen LogP contribution in [0, 0.1) is 0 Å². The van der Waals surface area contributed by atoms with E-state index in [1.54, 1.807) is 35.7 Å². The smallest absolute Gasteiger partial charge is 0.251 e. The van der Waals surface area contributed by atoms with Gasteiger partial charge in [0, 0.05) is 11.8 Å². The second-order valence-electron chi connectivity index (χ2n) is 7.74. The van der Waals surface area contributed by atoms with E-state index < -0.39 is 0 Å². The average molecular weight is 452 g/mol. The van der Waals surface area contributed by atoms with E-state index in [-0.39, 0.29) is 37.0 Å². The van der Waals surface area contributed by atoms with Gasteiger partial charge in [0.15, 0.2) is 11.5 Å². The number of carbonyl (C=O) groups is 1. The van der Waals surface area contributed by atoms with Crippen LogP contribution in [-0.4, -0.2) is 60.2 Å². The molecule has 1 aromatic carbocycles. The van der Waals surface area contributed by atoms with Gasteiger partial charge in [-0.05, 0) is 35.7 Å². The molecule has 164 valence electrons. The molecule has 4 unspecified atom stereocenters. The highest BCUT2D eigenvalue weighted by Crippen LogP contribution is 2.33. The molecule has 9 nitrogen and oxygen atoms in total. The molecule has 2 fully saturated rings. The lowest BCUT2D eigenvalue weighted by Gasteiger charge is -2.18. The molecule has 0 saturated carbocycles. The minimum absolute atomic E-state index is 0.106. The van der Waals surface area contributed by atoms with Crippen molar-refractivity contribution in [3.8, 4) is 22.1 Å². The van der Waals surface area contributed by atoms with Gasteiger partial charge in [-0.3, -0.25) is 4.79 Å². The standard InChI is InChI=1S/C22H20N4O5S/c27-21(12-3-4-16-17(8-12)31-11-30-16)24-14-9-28-20-15(10-29-19(14)20)26-22-23-6-5-13(25-22)18-2-1-7-32-18/h1-8,14-15,19-20H,9-11H2,(H,24,27)(H,23,25,26). The van der Waals surface area contributed by atoms with Crippen LogP contribution >= 0.6 is 11.3 Å². The molecule has 0 radical (unpaired) electrons. The van der Waals surface area contributed by atoms with Crippen LogP contribution < -0.4 is 20.1 Å². The molecule has 0 aliphatic carbocycles. The van der Waals surface area contributed by atoms with Gasteiger partial charge in [0.1, 0.15) is 12.2 Å². The zero-order chi connectivity index (χ0) is 21.5. The molecule has 10 heteroatoms. The average Bonchev–Trinajstić information content (AvgIpc) is 3.60. The van der Waals surface area contributed by atoms with Crippen LogP contribution in [0.3, 0.4) is 0 Å². The fourth-order valence-corrected chi connectivity index (χ4v) is 4.89. The number of rotatable bonds is 5. The van der Waals surface area contributed by atoms with E-state index >= 15 is 0 Å². The second-order valence-corrected chi connectivity index (χ2v) is 8.69. The van der Waals surface area contributed by atoms with E-state index in [1.807, 2.05) is 23.6 Å². The van der Waals surface area contributed by atoms with Gasteiger partial charge in [0.2, 0.25) is 12.7 Å². The molecule has 4 atom stereocenters. The Morgan fingerprint density at radius 2 is 1.88 bits per heavy atom. The van der Waals surface area contributed by atoms with Crippen molar-refractivity contribution in [1.82, 2.24) is 15.3 Å². The number of fused-ring (bicyclic) bond motifs is 2. The van der Waals surface area contributed by atoms with Gasteiger partial charge >= 0.3 is 0 Å². The van der Waals surface area contributed by atoms with Gasteiger partial charge in [-0.15, -0.1) is 11.3 Å². The fraction of sp³-hybridized carbons (Fsp3) is 0.318. The lowest BCUT2D eigenvalue weighted by Crippen LogP contribution is -2.44. The lowest BCUT2D eigenvalue weighted by molar-refractivity contribution is 0.0652. The zero-order valence-electron chi connectivity index (χ0n) is 16.9. The number of hydrogen-bond donors (Lipinski definition) is 2. The molecule has 6 rings (SSSR count). The van der Waals surface area contributed by atoms with Gasteiger partial charge in [0.25, 0.3) is 5.91 Å².